The van der Waals surface area contributed by atoms with Gasteiger partial charge in [-0.1, -0.05) is 31.9 Å². The number of amides is 2. The van der Waals surface area contributed by atoms with Crippen molar-refractivity contribution >= 4 is 44.9 Å². The lowest BCUT2D eigenvalue weighted by atomic mass is 9.99. The Morgan fingerprint density at radius 2 is 2.08 bits per heavy atom. The van der Waals surface area contributed by atoms with Crippen LogP contribution in [0.15, 0.2) is 20.7 Å². The maximum absolute atomic E-state index is 12.5. The van der Waals surface area contributed by atoms with Crippen molar-refractivity contribution in [3.05, 3.63) is 15.8 Å². The molecular weight excluding hydrogens is 386 g/mol. The van der Waals surface area contributed by atoms with Crippen molar-refractivity contribution in [2.45, 2.75) is 57.6 Å². The minimum absolute atomic E-state index is 0.177. The van der Waals surface area contributed by atoms with Gasteiger partial charge >= 0.3 is 6.09 Å². The summed E-state index contributed by atoms with van der Waals surface area (Å²) in [4.78, 5) is 24.7. The SMILES string of the molecule is CC[C@H](C)[C@H](NC(=O)OC(C)(C)C)C(=O)N=S(N)(=O)c1csc(Cl)c1. The first-order valence-corrected chi connectivity index (χ1v) is 10.5. The summed E-state index contributed by atoms with van der Waals surface area (Å²) in [5.41, 5.74) is -0.709. The summed E-state index contributed by atoms with van der Waals surface area (Å²) in [5, 5.41) is 9.69. The van der Waals surface area contributed by atoms with Crippen LogP contribution in [0.2, 0.25) is 4.34 Å². The predicted molar refractivity (Wildman–Crippen MR) is 100.0 cm³/mol. The highest BCUT2D eigenvalue weighted by Crippen LogP contribution is 2.24. The van der Waals surface area contributed by atoms with E-state index in [1.807, 2.05) is 6.92 Å². The summed E-state index contributed by atoms with van der Waals surface area (Å²) in [6.07, 6.45) is -0.152. The lowest BCUT2D eigenvalue weighted by Crippen LogP contribution is -2.46. The van der Waals surface area contributed by atoms with Crippen LogP contribution < -0.4 is 10.5 Å². The van der Waals surface area contributed by atoms with Gasteiger partial charge in [0.25, 0.3) is 5.91 Å². The van der Waals surface area contributed by atoms with E-state index in [1.54, 1.807) is 27.7 Å². The van der Waals surface area contributed by atoms with E-state index in [4.69, 9.17) is 21.5 Å². The molecule has 1 aromatic rings. The molecule has 0 aliphatic rings. The van der Waals surface area contributed by atoms with Gasteiger partial charge in [-0.25, -0.2) is 14.1 Å². The molecule has 1 unspecified atom stereocenters. The molecule has 25 heavy (non-hydrogen) atoms. The van der Waals surface area contributed by atoms with Crippen LogP contribution in [-0.2, 0) is 19.4 Å². The van der Waals surface area contributed by atoms with Crippen LogP contribution in [0.4, 0.5) is 4.79 Å². The second kappa shape index (κ2) is 8.48. The number of thiophene rings is 1. The molecule has 1 aromatic heterocycles. The van der Waals surface area contributed by atoms with E-state index in [1.165, 1.54) is 11.4 Å². The second-order valence-electron chi connectivity index (χ2n) is 6.59. The van der Waals surface area contributed by atoms with Crippen LogP contribution in [-0.4, -0.2) is 27.9 Å². The van der Waals surface area contributed by atoms with Crippen molar-refractivity contribution in [3.63, 3.8) is 0 Å². The summed E-state index contributed by atoms with van der Waals surface area (Å²) in [7, 11) is -3.44. The molecule has 3 atom stereocenters. The molecule has 0 aliphatic heterocycles. The summed E-state index contributed by atoms with van der Waals surface area (Å²) < 4.78 is 21.8. The van der Waals surface area contributed by atoms with Crippen molar-refractivity contribution in [1.82, 2.24) is 5.32 Å². The number of hydrogen-bond donors (Lipinski definition) is 2. The van der Waals surface area contributed by atoms with Crippen molar-refractivity contribution in [1.29, 1.82) is 0 Å². The first kappa shape index (κ1) is 21.9. The van der Waals surface area contributed by atoms with Crippen molar-refractivity contribution < 1.29 is 18.5 Å². The molecule has 0 radical (unpaired) electrons. The van der Waals surface area contributed by atoms with Crippen LogP contribution in [0.1, 0.15) is 41.0 Å². The molecule has 3 N–H and O–H groups in total. The Kier molecular flexibility index (Phi) is 7.42. The van der Waals surface area contributed by atoms with Gasteiger partial charge in [-0.2, -0.15) is 0 Å². The fourth-order valence-electron chi connectivity index (χ4n) is 1.81. The average Bonchev–Trinajstić information content (AvgIpc) is 2.89. The lowest BCUT2D eigenvalue weighted by molar-refractivity contribution is -0.120. The average molecular weight is 410 g/mol. The molecular formula is C15H24ClN3O4S2. The number of nitrogens with two attached hydrogens (primary N) is 1. The highest BCUT2D eigenvalue weighted by Gasteiger charge is 2.29. The van der Waals surface area contributed by atoms with Crippen LogP contribution in [0, 0.1) is 5.92 Å². The van der Waals surface area contributed by atoms with E-state index in [9.17, 15) is 13.8 Å². The highest BCUT2D eigenvalue weighted by atomic mass is 35.5. The summed E-state index contributed by atoms with van der Waals surface area (Å²) >= 11 is 6.95. The Bertz CT molecular complexity index is 748. The van der Waals surface area contributed by atoms with Gasteiger partial charge in [0.1, 0.15) is 21.6 Å². The number of halogens is 1. The van der Waals surface area contributed by atoms with E-state index in [2.05, 4.69) is 9.68 Å². The fourth-order valence-corrected chi connectivity index (χ4v) is 4.16. The van der Waals surface area contributed by atoms with Crippen molar-refractivity contribution in [2.75, 3.05) is 0 Å². The molecule has 1 heterocycles. The number of nitrogens with one attached hydrogen (secondary N) is 1. The number of ether oxygens (including phenoxy) is 1. The first-order valence-electron chi connectivity index (χ1n) is 7.68. The standard InChI is InChI=1S/C15H24ClN3O4S2/c1-6-9(2)12(18-14(21)23-15(3,4)5)13(20)19-25(17,22)10-7-11(16)24-8-10/h7-9,12H,6H2,1-5H3,(H,18,21)(H2,17,19,20,22)/t9-,12-,25?/m0/s1. The zero-order valence-corrected chi connectivity index (χ0v) is 17.3. The van der Waals surface area contributed by atoms with Crippen LogP contribution in [0.3, 0.4) is 0 Å². The summed E-state index contributed by atoms with van der Waals surface area (Å²) in [5.74, 6) is -1.01. The summed E-state index contributed by atoms with van der Waals surface area (Å²) in [6.45, 7) is 8.77. The summed E-state index contributed by atoms with van der Waals surface area (Å²) in [6, 6.07) is 0.420. The van der Waals surface area contributed by atoms with E-state index < -0.39 is 33.6 Å². The topological polar surface area (TPSA) is 111 Å². The molecule has 0 spiro atoms. The number of nitrogens with zero attached hydrogens (tertiary/aromatic N) is 1. The Morgan fingerprint density at radius 1 is 1.48 bits per heavy atom. The molecule has 0 aromatic carbocycles. The van der Waals surface area contributed by atoms with Gasteiger partial charge < -0.3 is 10.1 Å². The first-order chi connectivity index (χ1) is 11.4. The molecule has 0 saturated carbocycles. The van der Waals surface area contributed by atoms with Crippen molar-refractivity contribution in [2.24, 2.45) is 15.4 Å². The molecule has 1 rings (SSSR count). The number of alkyl carbamates (subject to hydrolysis) is 1. The minimum Gasteiger partial charge on any atom is -0.444 e. The molecule has 10 heteroatoms. The maximum Gasteiger partial charge on any atom is 0.408 e. The zero-order chi connectivity index (χ0) is 19.4. The number of hydrogen-bond acceptors (Lipinski definition) is 5. The predicted octanol–water partition coefficient (Wildman–Crippen LogP) is 3.57. The molecule has 142 valence electrons. The molecule has 7 nitrogen and oxygen atoms in total. The third kappa shape index (κ3) is 6.93. The largest absolute Gasteiger partial charge is 0.444 e. The Labute approximate surface area is 157 Å². The fraction of sp³-hybridized carbons (Fsp3) is 0.600. The molecule has 0 fully saturated rings. The Morgan fingerprint density at radius 3 is 2.52 bits per heavy atom. The molecule has 0 aliphatic carbocycles. The third-order valence-electron chi connectivity index (χ3n) is 3.26. The smallest absolute Gasteiger partial charge is 0.408 e. The van der Waals surface area contributed by atoms with E-state index in [0.717, 1.165) is 11.3 Å². The normalized spacial score (nSPS) is 16.4. The van der Waals surface area contributed by atoms with E-state index in [0.29, 0.717) is 10.8 Å². The zero-order valence-electron chi connectivity index (χ0n) is 14.9. The third-order valence-corrected chi connectivity index (χ3v) is 5.86. The van der Waals surface area contributed by atoms with Crippen LogP contribution >= 0.6 is 22.9 Å². The van der Waals surface area contributed by atoms with Crippen LogP contribution in [0.25, 0.3) is 0 Å². The number of carbonyl (C=O) groups is 2. The van der Waals surface area contributed by atoms with Gasteiger partial charge in [-0.15, -0.1) is 15.7 Å². The second-order valence-corrected chi connectivity index (χ2v) is 9.93. The quantitative estimate of drug-likeness (QED) is 0.774. The van der Waals surface area contributed by atoms with Gasteiger partial charge in [0.15, 0.2) is 0 Å². The molecule has 0 bridgehead atoms. The van der Waals surface area contributed by atoms with Gasteiger partial charge in [0.05, 0.1) is 9.23 Å². The monoisotopic (exact) mass is 409 g/mol. The molecule has 0 saturated heterocycles. The number of carbonyl (C=O) groups excluding carboxylic acids is 2. The van der Waals surface area contributed by atoms with Gasteiger partial charge in [0.2, 0.25) is 0 Å². The van der Waals surface area contributed by atoms with Gasteiger partial charge in [-0.05, 0) is 32.8 Å². The van der Waals surface area contributed by atoms with Crippen LogP contribution in [0.5, 0.6) is 0 Å². The van der Waals surface area contributed by atoms with E-state index >= 15 is 0 Å². The van der Waals surface area contributed by atoms with Crippen molar-refractivity contribution in [3.8, 4) is 0 Å². The van der Waals surface area contributed by atoms with E-state index in [-0.39, 0.29) is 10.8 Å². The number of rotatable bonds is 5. The van der Waals surface area contributed by atoms with Gasteiger partial charge in [0, 0.05) is 5.38 Å². The minimum atomic E-state index is -3.44. The van der Waals surface area contributed by atoms with Gasteiger partial charge in [-0.3, -0.25) is 4.79 Å². The highest BCUT2D eigenvalue weighted by molar-refractivity contribution is 7.91. The maximum atomic E-state index is 12.5. The Balaban J connectivity index is 3.07. The Hall–Kier alpha value is -1.16. The lowest BCUT2D eigenvalue weighted by Gasteiger charge is -2.25. The molecule has 2 amide bonds.